The molecular weight excluding hydrogens is 380 g/mol. The molecule has 0 aliphatic heterocycles. The lowest BCUT2D eigenvalue weighted by atomic mass is 10.1. The maximum atomic E-state index is 11.9. The van der Waals surface area contributed by atoms with Gasteiger partial charge in [0.25, 0.3) is 0 Å². The molecule has 0 aliphatic rings. The molecule has 1 heterocycles. The molecule has 128 valence electrons. The van der Waals surface area contributed by atoms with Gasteiger partial charge in [-0.3, -0.25) is 5.32 Å². The molecule has 1 aromatic carbocycles. The number of hydrogen-bond acceptors (Lipinski definition) is 4. The first-order chi connectivity index (χ1) is 11.3. The van der Waals surface area contributed by atoms with Crippen molar-refractivity contribution in [2.75, 3.05) is 11.9 Å². The molecule has 0 bridgehead atoms. The summed E-state index contributed by atoms with van der Waals surface area (Å²) >= 11 is 3.45. The number of anilines is 1. The minimum atomic E-state index is -2.04. The molecule has 24 heavy (non-hydrogen) atoms. The third kappa shape index (κ3) is 4.56. The zero-order valence-electron chi connectivity index (χ0n) is 12.9. The largest absolute Gasteiger partial charge is 0.479 e. The highest BCUT2D eigenvalue weighted by atomic mass is 79.9. The summed E-state index contributed by atoms with van der Waals surface area (Å²) < 4.78 is 2.52. The molecule has 1 unspecified atom stereocenters. The van der Waals surface area contributed by atoms with Crippen LogP contribution in [-0.4, -0.2) is 44.1 Å². The van der Waals surface area contributed by atoms with Crippen LogP contribution in [0, 0.1) is 0 Å². The fourth-order valence-electron chi connectivity index (χ4n) is 1.84. The SMILES string of the molecule is CC(O)(CNC(=O)Nc1ccnn1Cc1ccccc1Br)C(=O)O. The van der Waals surface area contributed by atoms with E-state index in [0.29, 0.717) is 12.4 Å². The summed E-state index contributed by atoms with van der Waals surface area (Å²) in [7, 11) is 0. The van der Waals surface area contributed by atoms with Crippen molar-refractivity contribution >= 4 is 33.7 Å². The monoisotopic (exact) mass is 396 g/mol. The number of aliphatic hydroxyl groups is 1. The number of halogens is 1. The third-order valence-corrected chi connectivity index (χ3v) is 4.06. The van der Waals surface area contributed by atoms with Crippen LogP contribution in [-0.2, 0) is 11.3 Å². The van der Waals surface area contributed by atoms with Crippen LogP contribution in [0.3, 0.4) is 0 Å². The van der Waals surface area contributed by atoms with Gasteiger partial charge in [-0.05, 0) is 18.6 Å². The van der Waals surface area contributed by atoms with Gasteiger partial charge in [-0.2, -0.15) is 5.10 Å². The zero-order chi connectivity index (χ0) is 17.7. The molecule has 2 amide bonds. The highest BCUT2D eigenvalue weighted by Gasteiger charge is 2.30. The summed E-state index contributed by atoms with van der Waals surface area (Å²) in [6, 6.07) is 8.62. The molecule has 2 rings (SSSR count). The van der Waals surface area contributed by atoms with Crippen molar-refractivity contribution in [3.05, 3.63) is 46.6 Å². The van der Waals surface area contributed by atoms with Gasteiger partial charge in [0.15, 0.2) is 5.60 Å². The lowest BCUT2D eigenvalue weighted by molar-refractivity contribution is -0.155. The third-order valence-electron chi connectivity index (χ3n) is 3.29. The smallest absolute Gasteiger partial charge is 0.337 e. The van der Waals surface area contributed by atoms with E-state index >= 15 is 0 Å². The van der Waals surface area contributed by atoms with Gasteiger partial charge in [-0.15, -0.1) is 0 Å². The number of nitrogens with zero attached hydrogens (tertiary/aromatic N) is 2. The predicted octanol–water partition coefficient (Wildman–Crippen LogP) is 1.65. The topological polar surface area (TPSA) is 116 Å². The maximum absolute atomic E-state index is 11.9. The Morgan fingerprint density at radius 3 is 2.71 bits per heavy atom. The van der Waals surface area contributed by atoms with Crippen molar-refractivity contribution in [3.8, 4) is 0 Å². The quantitative estimate of drug-likeness (QED) is 0.592. The number of hydrogen-bond donors (Lipinski definition) is 4. The Morgan fingerprint density at radius 2 is 2.04 bits per heavy atom. The molecule has 0 saturated heterocycles. The Labute approximate surface area is 146 Å². The minimum absolute atomic E-state index is 0.424. The molecule has 0 saturated carbocycles. The molecule has 0 radical (unpaired) electrons. The molecule has 4 N–H and O–H groups in total. The number of rotatable bonds is 6. The second kappa shape index (κ2) is 7.45. The van der Waals surface area contributed by atoms with E-state index in [4.69, 9.17) is 5.11 Å². The van der Waals surface area contributed by atoms with Crippen LogP contribution >= 0.6 is 15.9 Å². The number of carbonyl (C=O) groups is 2. The lowest BCUT2D eigenvalue weighted by Crippen LogP contribution is -2.47. The number of benzene rings is 1. The summed E-state index contributed by atoms with van der Waals surface area (Å²) in [6.45, 7) is 1.12. The Hall–Kier alpha value is -2.39. The number of amides is 2. The van der Waals surface area contributed by atoms with Crippen molar-refractivity contribution in [3.63, 3.8) is 0 Å². The number of carboxylic acids is 1. The summed E-state index contributed by atoms with van der Waals surface area (Å²) in [5, 5.41) is 27.4. The summed E-state index contributed by atoms with van der Waals surface area (Å²) in [4.78, 5) is 22.7. The van der Waals surface area contributed by atoms with Crippen molar-refractivity contribution in [2.45, 2.75) is 19.1 Å². The zero-order valence-corrected chi connectivity index (χ0v) is 14.4. The molecule has 9 heteroatoms. The average Bonchev–Trinajstić information content (AvgIpc) is 2.94. The van der Waals surface area contributed by atoms with Crippen molar-refractivity contribution in [1.29, 1.82) is 0 Å². The van der Waals surface area contributed by atoms with Crippen LogP contribution in [0.4, 0.5) is 10.6 Å². The molecule has 1 aromatic heterocycles. The van der Waals surface area contributed by atoms with Gasteiger partial charge < -0.3 is 15.5 Å². The summed E-state index contributed by atoms with van der Waals surface area (Å²) in [5.74, 6) is -0.972. The molecule has 0 aliphatic carbocycles. The van der Waals surface area contributed by atoms with E-state index in [0.717, 1.165) is 17.0 Å². The van der Waals surface area contributed by atoms with Gasteiger partial charge in [-0.1, -0.05) is 34.1 Å². The number of urea groups is 1. The number of aliphatic carboxylic acids is 1. The van der Waals surface area contributed by atoms with Crippen LogP contribution in [0.1, 0.15) is 12.5 Å². The molecular formula is C15H17BrN4O4. The van der Waals surface area contributed by atoms with Crippen LogP contribution in [0.2, 0.25) is 0 Å². The second-order valence-corrected chi connectivity index (χ2v) is 6.21. The standard InChI is InChI=1S/C15H17BrN4O4/c1-15(24,13(21)22)9-17-14(23)19-12-6-7-18-20(12)8-10-4-2-3-5-11(10)16/h2-7,24H,8-9H2,1H3,(H,21,22)(H2,17,19,23). The van der Waals surface area contributed by atoms with Crippen LogP contribution in [0.25, 0.3) is 0 Å². The van der Waals surface area contributed by atoms with Gasteiger partial charge in [0.1, 0.15) is 5.82 Å². The maximum Gasteiger partial charge on any atom is 0.337 e. The van der Waals surface area contributed by atoms with E-state index in [1.54, 1.807) is 16.9 Å². The number of carbonyl (C=O) groups excluding carboxylic acids is 1. The number of nitrogens with one attached hydrogen (secondary N) is 2. The lowest BCUT2D eigenvalue weighted by Gasteiger charge is -2.18. The van der Waals surface area contributed by atoms with Gasteiger partial charge in [0, 0.05) is 10.5 Å². The van der Waals surface area contributed by atoms with Crippen LogP contribution in [0.5, 0.6) is 0 Å². The summed E-state index contributed by atoms with van der Waals surface area (Å²) in [5.41, 5.74) is -1.05. The first-order valence-corrected chi connectivity index (χ1v) is 7.85. The van der Waals surface area contributed by atoms with Gasteiger partial charge in [-0.25, -0.2) is 14.3 Å². The fraction of sp³-hybridized carbons (Fsp3) is 0.267. The van der Waals surface area contributed by atoms with Gasteiger partial charge in [0.2, 0.25) is 0 Å². The average molecular weight is 397 g/mol. The van der Waals surface area contributed by atoms with Crippen molar-refractivity contribution < 1.29 is 19.8 Å². The molecule has 0 fully saturated rings. The van der Waals surface area contributed by atoms with Gasteiger partial charge >= 0.3 is 12.0 Å². The fourth-order valence-corrected chi connectivity index (χ4v) is 2.25. The van der Waals surface area contributed by atoms with E-state index < -0.39 is 24.1 Å². The molecule has 1 atom stereocenters. The van der Waals surface area contributed by atoms with Crippen molar-refractivity contribution in [1.82, 2.24) is 15.1 Å². The van der Waals surface area contributed by atoms with E-state index in [-0.39, 0.29) is 0 Å². The van der Waals surface area contributed by atoms with Crippen LogP contribution in [0.15, 0.2) is 41.0 Å². The summed E-state index contributed by atoms with van der Waals surface area (Å²) in [6.07, 6.45) is 1.54. The number of carboxylic acid groups (broad SMARTS) is 1. The van der Waals surface area contributed by atoms with E-state index in [1.807, 2.05) is 24.3 Å². The molecule has 2 aromatic rings. The molecule has 0 spiro atoms. The highest BCUT2D eigenvalue weighted by molar-refractivity contribution is 9.10. The van der Waals surface area contributed by atoms with Crippen molar-refractivity contribution in [2.24, 2.45) is 0 Å². The van der Waals surface area contributed by atoms with Gasteiger partial charge in [0.05, 0.1) is 19.3 Å². The van der Waals surface area contributed by atoms with E-state index in [1.165, 1.54) is 0 Å². The second-order valence-electron chi connectivity index (χ2n) is 5.35. The van der Waals surface area contributed by atoms with E-state index in [2.05, 4.69) is 31.7 Å². The minimum Gasteiger partial charge on any atom is -0.479 e. The first-order valence-electron chi connectivity index (χ1n) is 7.05. The Kier molecular flexibility index (Phi) is 5.58. The molecule has 8 nitrogen and oxygen atoms in total. The Morgan fingerprint density at radius 1 is 1.33 bits per heavy atom. The number of aromatic nitrogens is 2. The van der Waals surface area contributed by atoms with E-state index in [9.17, 15) is 14.7 Å². The Balaban J connectivity index is 1.99. The van der Waals surface area contributed by atoms with Crippen LogP contribution < -0.4 is 10.6 Å². The normalized spacial score (nSPS) is 13.1. The highest BCUT2D eigenvalue weighted by Crippen LogP contribution is 2.18. The predicted molar refractivity (Wildman–Crippen MR) is 90.8 cm³/mol. The first kappa shape index (κ1) is 18.0. The Bertz CT molecular complexity index is 745.